The molecule has 0 bridgehead atoms. The molecule has 1 aliphatic heterocycles. The molecule has 27 heavy (non-hydrogen) atoms. The van der Waals surface area contributed by atoms with Gasteiger partial charge in [0.05, 0.1) is 19.8 Å². The van der Waals surface area contributed by atoms with Crippen molar-refractivity contribution >= 4 is 5.91 Å². The molecule has 0 aromatic heterocycles. The fourth-order valence-corrected chi connectivity index (χ4v) is 3.37. The number of benzene rings is 2. The predicted octanol–water partition coefficient (Wildman–Crippen LogP) is 3.83. The minimum Gasteiger partial charge on any atom is -0.490 e. The highest BCUT2D eigenvalue weighted by atomic mass is 16.5. The summed E-state index contributed by atoms with van der Waals surface area (Å²) < 4.78 is 16.6. The van der Waals surface area contributed by atoms with Gasteiger partial charge in [-0.2, -0.15) is 0 Å². The van der Waals surface area contributed by atoms with Crippen LogP contribution in [0.25, 0.3) is 0 Å². The average molecular weight is 369 g/mol. The van der Waals surface area contributed by atoms with Gasteiger partial charge in [0, 0.05) is 25.8 Å². The average Bonchev–Trinajstić information content (AvgIpc) is 2.69. The van der Waals surface area contributed by atoms with Gasteiger partial charge < -0.3 is 19.1 Å². The van der Waals surface area contributed by atoms with Gasteiger partial charge in [-0.3, -0.25) is 4.79 Å². The first-order chi connectivity index (χ1) is 13.2. The molecular formula is C22H27NO4. The number of carbonyl (C=O) groups is 1. The van der Waals surface area contributed by atoms with Gasteiger partial charge in [0.25, 0.3) is 5.91 Å². The Bertz CT molecular complexity index is 786. The fraction of sp³-hybridized carbons (Fsp3) is 0.409. The van der Waals surface area contributed by atoms with Crippen molar-refractivity contribution in [3.63, 3.8) is 0 Å². The van der Waals surface area contributed by atoms with Crippen LogP contribution in [0.5, 0.6) is 11.5 Å². The van der Waals surface area contributed by atoms with Crippen molar-refractivity contribution in [1.29, 1.82) is 0 Å². The van der Waals surface area contributed by atoms with Crippen LogP contribution in [0.1, 0.15) is 40.9 Å². The zero-order valence-electron chi connectivity index (χ0n) is 16.3. The van der Waals surface area contributed by atoms with Crippen LogP contribution in [-0.2, 0) is 24.3 Å². The Morgan fingerprint density at radius 1 is 1.00 bits per heavy atom. The Kier molecular flexibility index (Phi) is 6.35. The standard InChI is InChI=1S/C22H27NO4/c1-4-26-20-12-18-10-11-23(14-19(18)13-21(20)27-5-2)22(24)17-8-6-16(7-9-17)15-25-3/h6-9,12-13H,4-5,10-11,14-15H2,1-3H3. The van der Waals surface area contributed by atoms with E-state index in [1.54, 1.807) is 7.11 Å². The van der Waals surface area contributed by atoms with Crippen molar-refractivity contribution in [2.24, 2.45) is 0 Å². The smallest absolute Gasteiger partial charge is 0.254 e. The highest BCUT2D eigenvalue weighted by Crippen LogP contribution is 2.34. The molecule has 5 heteroatoms. The summed E-state index contributed by atoms with van der Waals surface area (Å²) in [4.78, 5) is 14.8. The number of fused-ring (bicyclic) bond motifs is 1. The van der Waals surface area contributed by atoms with E-state index in [1.165, 1.54) is 5.56 Å². The van der Waals surface area contributed by atoms with E-state index in [1.807, 2.05) is 49.1 Å². The minimum atomic E-state index is 0.0523. The lowest BCUT2D eigenvalue weighted by atomic mass is 9.98. The van der Waals surface area contributed by atoms with Crippen LogP contribution in [-0.4, -0.2) is 37.7 Å². The van der Waals surface area contributed by atoms with Crippen LogP contribution in [0, 0.1) is 0 Å². The van der Waals surface area contributed by atoms with E-state index in [-0.39, 0.29) is 5.91 Å². The van der Waals surface area contributed by atoms with Crippen LogP contribution < -0.4 is 9.47 Å². The van der Waals surface area contributed by atoms with Crippen LogP contribution in [0.2, 0.25) is 0 Å². The number of rotatable bonds is 7. The molecule has 0 saturated carbocycles. The summed E-state index contributed by atoms with van der Waals surface area (Å²) in [6.45, 7) is 6.93. The number of ether oxygens (including phenoxy) is 3. The summed E-state index contributed by atoms with van der Waals surface area (Å²) in [5, 5.41) is 0. The lowest BCUT2D eigenvalue weighted by Gasteiger charge is -2.30. The number of nitrogens with zero attached hydrogens (tertiary/aromatic N) is 1. The Morgan fingerprint density at radius 2 is 1.63 bits per heavy atom. The molecule has 1 aliphatic rings. The number of carbonyl (C=O) groups excluding carboxylic acids is 1. The van der Waals surface area contributed by atoms with Crippen molar-refractivity contribution in [2.45, 2.75) is 33.4 Å². The largest absolute Gasteiger partial charge is 0.490 e. The van der Waals surface area contributed by atoms with E-state index < -0.39 is 0 Å². The maximum absolute atomic E-state index is 12.9. The van der Waals surface area contributed by atoms with Crippen LogP contribution in [0.15, 0.2) is 36.4 Å². The van der Waals surface area contributed by atoms with Crippen molar-refractivity contribution in [2.75, 3.05) is 26.9 Å². The summed E-state index contributed by atoms with van der Waals surface area (Å²) in [7, 11) is 1.66. The molecule has 1 amide bonds. The SMILES string of the molecule is CCOc1cc2c(cc1OCC)CN(C(=O)c1ccc(COC)cc1)CC2. The van der Waals surface area contributed by atoms with E-state index in [0.29, 0.717) is 38.5 Å². The highest BCUT2D eigenvalue weighted by Gasteiger charge is 2.24. The van der Waals surface area contributed by atoms with Crippen LogP contribution in [0.4, 0.5) is 0 Å². The molecule has 0 aliphatic carbocycles. The zero-order valence-corrected chi connectivity index (χ0v) is 16.3. The van der Waals surface area contributed by atoms with E-state index in [9.17, 15) is 4.79 Å². The molecule has 0 radical (unpaired) electrons. The van der Waals surface area contributed by atoms with E-state index in [0.717, 1.165) is 29.0 Å². The molecule has 3 rings (SSSR count). The molecule has 0 unspecified atom stereocenters. The van der Waals surface area contributed by atoms with Crippen LogP contribution in [0.3, 0.4) is 0 Å². The van der Waals surface area contributed by atoms with Crippen molar-refractivity contribution in [3.05, 3.63) is 58.7 Å². The van der Waals surface area contributed by atoms with Crippen molar-refractivity contribution in [1.82, 2.24) is 4.90 Å². The van der Waals surface area contributed by atoms with E-state index in [4.69, 9.17) is 14.2 Å². The summed E-state index contributed by atoms with van der Waals surface area (Å²) in [6.07, 6.45) is 0.815. The van der Waals surface area contributed by atoms with Gasteiger partial charge in [0.2, 0.25) is 0 Å². The molecule has 1 heterocycles. The maximum Gasteiger partial charge on any atom is 0.254 e. The van der Waals surface area contributed by atoms with Crippen molar-refractivity contribution in [3.8, 4) is 11.5 Å². The number of amides is 1. The van der Waals surface area contributed by atoms with Gasteiger partial charge in [-0.25, -0.2) is 0 Å². The monoisotopic (exact) mass is 369 g/mol. The lowest BCUT2D eigenvalue weighted by molar-refractivity contribution is 0.0734. The first-order valence-corrected chi connectivity index (χ1v) is 9.44. The van der Waals surface area contributed by atoms with Gasteiger partial charge in [-0.15, -0.1) is 0 Å². The maximum atomic E-state index is 12.9. The quantitative estimate of drug-likeness (QED) is 0.744. The molecule has 0 spiro atoms. The van der Waals surface area contributed by atoms with Gasteiger partial charge in [0.15, 0.2) is 11.5 Å². The summed E-state index contributed by atoms with van der Waals surface area (Å²) in [5.74, 6) is 1.58. The molecule has 0 N–H and O–H groups in total. The Morgan fingerprint density at radius 3 is 2.22 bits per heavy atom. The number of hydrogen-bond donors (Lipinski definition) is 0. The fourth-order valence-electron chi connectivity index (χ4n) is 3.37. The summed E-state index contributed by atoms with van der Waals surface area (Å²) in [5.41, 5.74) is 4.11. The second-order valence-corrected chi connectivity index (χ2v) is 6.54. The van der Waals surface area contributed by atoms with Crippen molar-refractivity contribution < 1.29 is 19.0 Å². The number of methoxy groups -OCH3 is 1. The molecule has 5 nitrogen and oxygen atoms in total. The predicted molar refractivity (Wildman–Crippen MR) is 104 cm³/mol. The minimum absolute atomic E-state index is 0.0523. The third-order valence-corrected chi connectivity index (χ3v) is 4.68. The summed E-state index contributed by atoms with van der Waals surface area (Å²) in [6, 6.07) is 11.7. The van der Waals surface area contributed by atoms with E-state index >= 15 is 0 Å². The normalized spacial score (nSPS) is 13.2. The molecule has 2 aromatic rings. The van der Waals surface area contributed by atoms with Gasteiger partial charge in [0.1, 0.15) is 0 Å². The second-order valence-electron chi connectivity index (χ2n) is 6.54. The first kappa shape index (κ1) is 19.2. The Balaban J connectivity index is 1.78. The highest BCUT2D eigenvalue weighted by molar-refractivity contribution is 5.94. The Hall–Kier alpha value is -2.53. The van der Waals surface area contributed by atoms with Gasteiger partial charge in [-0.05, 0) is 61.2 Å². The molecule has 0 fully saturated rings. The van der Waals surface area contributed by atoms with E-state index in [2.05, 4.69) is 6.07 Å². The molecule has 2 aromatic carbocycles. The zero-order chi connectivity index (χ0) is 19.2. The van der Waals surface area contributed by atoms with Crippen LogP contribution >= 0.6 is 0 Å². The first-order valence-electron chi connectivity index (χ1n) is 9.44. The summed E-state index contributed by atoms with van der Waals surface area (Å²) >= 11 is 0. The molecule has 144 valence electrons. The third kappa shape index (κ3) is 4.42. The lowest BCUT2D eigenvalue weighted by Crippen LogP contribution is -2.36. The Labute approximate surface area is 160 Å². The topological polar surface area (TPSA) is 48.0 Å². The van der Waals surface area contributed by atoms with Gasteiger partial charge in [-0.1, -0.05) is 12.1 Å². The molecular weight excluding hydrogens is 342 g/mol. The number of hydrogen-bond acceptors (Lipinski definition) is 4. The van der Waals surface area contributed by atoms with Gasteiger partial charge >= 0.3 is 0 Å². The second kappa shape index (κ2) is 8.91. The molecule has 0 atom stereocenters. The molecule has 0 saturated heterocycles. The third-order valence-electron chi connectivity index (χ3n) is 4.68.